The number of hydrogen-bond donors (Lipinski definition) is 0. The zero-order valence-corrected chi connectivity index (χ0v) is 23.9. The van der Waals surface area contributed by atoms with Crippen LogP contribution in [0.15, 0.2) is 54.6 Å². The highest BCUT2D eigenvalue weighted by Gasteiger charge is 2.47. The third-order valence-corrected chi connectivity index (χ3v) is 12.3. The third kappa shape index (κ3) is 7.17. The van der Waals surface area contributed by atoms with Crippen LogP contribution in [0.2, 0.25) is 18.1 Å². The normalized spacial score (nSPS) is 19.1. The van der Waals surface area contributed by atoms with E-state index in [1.165, 1.54) is 4.90 Å². The minimum Gasteiger partial charge on any atom is -0.447 e. The van der Waals surface area contributed by atoms with Gasteiger partial charge in [0.2, 0.25) is 5.91 Å². The van der Waals surface area contributed by atoms with Crippen LogP contribution in [0.1, 0.15) is 59.9 Å². The first-order valence-electron chi connectivity index (χ1n) is 13.0. The van der Waals surface area contributed by atoms with Crippen molar-refractivity contribution in [3.63, 3.8) is 0 Å². The molecule has 1 fully saturated rings. The van der Waals surface area contributed by atoms with Gasteiger partial charge >= 0.3 is 6.09 Å². The second-order valence-corrected chi connectivity index (χ2v) is 15.4. The van der Waals surface area contributed by atoms with Gasteiger partial charge in [0.1, 0.15) is 6.61 Å². The summed E-state index contributed by atoms with van der Waals surface area (Å²) in [4.78, 5) is 28.0. The lowest BCUT2D eigenvalue weighted by molar-refractivity contribution is -0.133. The molecule has 1 heterocycles. The largest absolute Gasteiger partial charge is 0.447 e. The fourth-order valence-electron chi connectivity index (χ4n) is 4.28. The molecule has 1 aromatic carbocycles. The molecule has 0 unspecified atom stereocenters. The van der Waals surface area contributed by atoms with Crippen LogP contribution < -0.4 is 0 Å². The van der Waals surface area contributed by atoms with Crippen molar-refractivity contribution >= 4 is 20.3 Å². The summed E-state index contributed by atoms with van der Waals surface area (Å²) in [6.45, 7) is 17.7. The highest BCUT2D eigenvalue weighted by atomic mass is 28.4. The number of amides is 2. The van der Waals surface area contributed by atoms with Gasteiger partial charge in [0, 0.05) is 0 Å². The lowest BCUT2D eigenvalue weighted by Crippen LogP contribution is -2.51. The molecule has 1 aliphatic heterocycles. The summed E-state index contributed by atoms with van der Waals surface area (Å²) >= 11 is 0. The van der Waals surface area contributed by atoms with Gasteiger partial charge in [-0.3, -0.25) is 4.79 Å². The van der Waals surface area contributed by atoms with Crippen molar-refractivity contribution in [3.8, 4) is 0 Å². The van der Waals surface area contributed by atoms with Crippen LogP contribution in [-0.4, -0.2) is 44.0 Å². The molecule has 6 heteroatoms. The minimum atomic E-state index is -2.26. The van der Waals surface area contributed by atoms with Crippen molar-refractivity contribution in [2.75, 3.05) is 6.61 Å². The lowest BCUT2D eigenvalue weighted by atomic mass is 9.97. The van der Waals surface area contributed by atoms with Crippen molar-refractivity contribution in [3.05, 3.63) is 60.2 Å². The van der Waals surface area contributed by atoms with E-state index in [9.17, 15) is 9.59 Å². The van der Waals surface area contributed by atoms with Gasteiger partial charge in [-0.1, -0.05) is 95.7 Å². The Morgan fingerprint density at radius 3 is 2.46 bits per heavy atom. The van der Waals surface area contributed by atoms with E-state index in [-0.39, 0.29) is 23.6 Å². The first-order chi connectivity index (χ1) is 16.5. The molecule has 0 radical (unpaired) electrons. The maximum absolute atomic E-state index is 14.0. The third-order valence-electron chi connectivity index (χ3n) is 7.76. The van der Waals surface area contributed by atoms with E-state index in [4.69, 9.17) is 9.16 Å². The molecule has 2 rings (SSSR count). The van der Waals surface area contributed by atoms with E-state index in [1.807, 2.05) is 55.5 Å². The molecule has 1 aliphatic rings. The average molecular weight is 500 g/mol. The van der Waals surface area contributed by atoms with Crippen LogP contribution in [-0.2, 0) is 20.4 Å². The molecule has 35 heavy (non-hydrogen) atoms. The van der Waals surface area contributed by atoms with E-state index in [0.717, 1.165) is 18.4 Å². The molecular formula is C29H45NO4Si. The van der Waals surface area contributed by atoms with Gasteiger partial charge < -0.3 is 9.16 Å². The molecule has 0 N–H and O–H groups in total. The Morgan fingerprint density at radius 2 is 1.89 bits per heavy atom. The molecule has 1 aromatic rings. The van der Waals surface area contributed by atoms with Crippen molar-refractivity contribution in [2.24, 2.45) is 11.8 Å². The molecular weight excluding hydrogens is 454 g/mol. The standard InChI is InChI=1S/C29H45NO4Si/c1-9-11-13-19-26(34-35(7,8)29(5,6)22(3)4)25(16-10-2)27(31)30-24(21-33-28(30)32)20-23-17-14-12-15-18-23/h10,12-19,22,24-26H,9,11,20-21H2,1-8H3/b16-10-,19-13+/t24-,25-,26+/m0/s1. The van der Waals surface area contributed by atoms with Crippen molar-refractivity contribution in [1.29, 1.82) is 0 Å². The second-order valence-electron chi connectivity index (χ2n) is 10.9. The number of carbonyl (C=O) groups is 2. The molecule has 0 spiro atoms. The van der Waals surface area contributed by atoms with Crippen LogP contribution in [0.3, 0.4) is 0 Å². The lowest BCUT2D eigenvalue weighted by Gasteiger charge is -2.45. The molecule has 194 valence electrons. The molecule has 5 nitrogen and oxygen atoms in total. The van der Waals surface area contributed by atoms with E-state index in [0.29, 0.717) is 12.3 Å². The zero-order chi connectivity index (χ0) is 26.2. The molecule has 0 bridgehead atoms. The number of cyclic esters (lactones) is 1. The van der Waals surface area contributed by atoms with Crippen molar-refractivity contribution in [2.45, 2.75) is 91.1 Å². The fraction of sp³-hybridized carbons (Fsp3) is 0.586. The van der Waals surface area contributed by atoms with E-state index in [1.54, 1.807) is 0 Å². The van der Waals surface area contributed by atoms with Gasteiger partial charge in [0.15, 0.2) is 8.32 Å². The molecule has 1 saturated heterocycles. The minimum absolute atomic E-state index is 0.00417. The van der Waals surface area contributed by atoms with E-state index < -0.39 is 26.4 Å². The maximum atomic E-state index is 14.0. The number of nitrogens with zero attached hydrogens (tertiary/aromatic N) is 1. The fourth-order valence-corrected chi connectivity index (χ4v) is 6.88. The van der Waals surface area contributed by atoms with Crippen molar-refractivity contribution < 1.29 is 18.8 Å². The predicted molar refractivity (Wildman–Crippen MR) is 146 cm³/mol. The Bertz CT molecular complexity index is 891. The summed E-state index contributed by atoms with van der Waals surface area (Å²) in [6.07, 6.45) is 9.37. The first-order valence-corrected chi connectivity index (χ1v) is 15.9. The Labute approximate surface area is 213 Å². The summed E-state index contributed by atoms with van der Waals surface area (Å²) in [5.74, 6) is -0.430. The number of benzene rings is 1. The predicted octanol–water partition coefficient (Wildman–Crippen LogP) is 7.15. The quantitative estimate of drug-likeness (QED) is 0.226. The van der Waals surface area contributed by atoms with Crippen LogP contribution in [0.4, 0.5) is 4.79 Å². The first kappa shape index (κ1) is 29.0. The number of carbonyl (C=O) groups excluding carboxylic acids is 2. The molecule has 3 atom stereocenters. The van der Waals surface area contributed by atoms with Gasteiger partial charge in [-0.2, -0.15) is 0 Å². The van der Waals surface area contributed by atoms with E-state index in [2.05, 4.69) is 53.8 Å². The van der Waals surface area contributed by atoms with Crippen LogP contribution in [0.5, 0.6) is 0 Å². The van der Waals surface area contributed by atoms with Gasteiger partial charge in [0.05, 0.1) is 18.1 Å². The second kappa shape index (κ2) is 12.7. The number of hydrogen-bond acceptors (Lipinski definition) is 4. The summed E-state index contributed by atoms with van der Waals surface area (Å²) in [6, 6.07) is 9.58. The Kier molecular flexibility index (Phi) is 10.5. The van der Waals surface area contributed by atoms with Gasteiger partial charge in [-0.25, -0.2) is 9.69 Å². The summed E-state index contributed by atoms with van der Waals surface area (Å²) in [7, 11) is -2.26. The van der Waals surface area contributed by atoms with Gasteiger partial charge in [0.25, 0.3) is 0 Å². The Hall–Kier alpha value is -2.18. The number of imide groups is 1. The summed E-state index contributed by atoms with van der Waals surface area (Å²) < 4.78 is 12.3. The monoisotopic (exact) mass is 499 g/mol. The molecule has 0 aromatic heterocycles. The van der Waals surface area contributed by atoms with Crippen LogP contribution in [0.25, 0.3) is 0 Å². The van der Waals surface area contributed by atoms with Crippen LogP contribution in [0, 0.1) is 11.8 Å². The maximum Gasteiger partial charge on any atom is 0.417 e. The number of unbranched alkanes of at least 4 members (excludes halogenated alkanes) is 1. The highest BCUT2D eigenvalue weighted by molar-refractivity contribution is 6.74. The van der Waals surface area contributed by atoms with Crippen LogP contribution >= 0.6 is 0 Å². The number of allylic oxidation sites excluding steroid dienone is 2. The Morgan fingerprint density at radius 1 is 1.23 bits per heavy atom. The van der Waals surface area contributed by atoms with Gasteiger partial charge in [-0.15, -0.1) is 0 Å². The molecule has 0 aliphatic carbocycles. The smallest absolute Gasteiger partial charge is 0.417 e. The molecule has 2 amide bonds. The summed E-state index contributed by atoms with van der Waals surface area (Å²) in [5, 5.41) is -0.00417. The van der Waals surface area contributed by atoms with Gasteiger partial charge in [-0.05, 0) is 49.4 Å². The highest BCUT2D eigenvalue weighted by Crippen LogP contribution is 2.45. The average Bonchev–Trinajstić information content (AvgIpc) is 3.16. The number of ether oxygens (including phenoxy) is 1. The topological polar surface area (TPSA) is 55.8 Å². The zero-order valence-electron chi connectivity index (χ0n) is 22.9. The molecule has 0 saturated carbocycles. The SMILES string of the molecule is C/C=C\[C@H](C(=O)N1C(=O)OC[C@@H]1Cc1ccccc1)[C@@H](/C=C/CCC)O[Si](C)(C)C(C)(C)C(C)C. The van der Waals surface area contributed by atoms with Crippen molar-refractivity contribution in [1.82, 2.24) is 4.90 Å². The van der Waals surface area contributed by atoms with E-state index >= 15 is 0 Å². The Balaban J connectivity index is 2.40. The number of rotatable bonds is 12. The summed E-state index contributed by atoms with van der Waals surface area (Å²) in [5.41, 5.74) is 1.07.